The van der Waals surface area contributed by atoms with E-state index in [1.54, 1.807) is 0 Å². The molecule has 0 aromatic heterocycles. The van der Waals surface area contributed by atoms with Crippen LogP contribution in [-0.4, -0.2) is 21.5 Å². The van der Waals surface area contributed by atoms with Gasteiger partial charge >= 0.3 is 6.18 Å². The van der Waals surface area contributed by atoms with E-state index in [0.29, 0.717) is 11.1 Å². The quantitative estimate of drug-likeness (QED) is 0.391. The molecule has 0 unspecified atom stereocenters. The molecule has 0 spiro atoms. The van der Waals surface area contributed by atoms with Crippen molar-refractivity contribution in [3.8, 4) is 5.75 Å². The lowest BCUT2D eigenvalue weighted by Gasteiger charge is -2.16. The molecule has 0 atom stereocenters. The molecule has 114 valence electrons. The number of benzene rings is 1. The van der Waals surface area contributed by atoms with Crippen molar-refractivity contribution in [2.45, 2.75) is 31.9 Å². The Morgan fingerprint density at radius 3 is 2.40 bits per heavy atom. The van der Waals surface area contributed by atoms with Crippen molar-refractivity contribution in [3.63, 3.8) is 0 Å². The standard InChI is InChI=1S/C13H18BrF3O2Si/c1-20(2,3)7-6-18-9-19-12-8-10(13(15,16)17)4-5-11(12)14/h4-5,8H,6-7,9H2,1-3H3. The van der Waals surface area contributed by atoms with Crippen molar-refractivity contribution in [3.05, 3.63) is 28.2 Å². The highest BCUT2D eigenvalue weighted by Gasteiger charge is 2.31. The summed E-state index contributed by atoms with van der Waals surface area (Å²) < 4.78 is 48.7. The summed E-state index contributed by atoms with van der Waals surface area (Å²) in [5, 5.41) is 0. The molecule has 0 aliphatic carbocycles. The summed E-state index contributed by atoms with van der Waals surface area (Å²) in [5.41, 5.74) is -0.738. The number of halogens is 4. The van der Waals surface area contributed by atoms with Gasteiger partial charge in [0.05, 0.1) is 10.0 Å². The van der Waals surface area contributed by atoms with Crippen molar-refractivity contribution in [2.24, 2.45) is 0 Å². The summed E-state index contributed by atoms with van der Waals surface area (Å²) in [6, 6.07) is 4.27. The van der Waals surface area contributed by atoms with Crippen molar-refractivity contribution < 1.29 is 22.6 Å². The van der Waals surface area contributed by atoms with Crippen LogP contribution in [0.15, 0.2) is 22.7 Å². The second kappa shape index (κ2) is 6.95. The van der Waals surface area contributed by atoms with E-state index >= 15 is 0 Å². The zero-order chi connectivity index (χ0) is 15.4. The highest BCUT2D eigenvalue weighted by molar-refractivity contribution is 9.10. The van der Waals surface area contributed by atoms with Gasteiger partial charge in [-0.1, -0.05) is 19.6 Å². The molecule has 0 N–H and O–H groups in total. The first-order valence-corrected chi connectivity index (χ1v) is 10.7. The molecule has 1 rings (SSSR count). The first kappa shape index (κ1) is 17.5. The fraction of sp³-hybridized carbons (Fsp3) is 0.538. The Bertz CT molecular complexity index is 444. The van der Waals surface area contributed by atoms with Crippen LogP contribution < -0.4 is 4.74 Å². The zero-order valence-corrected chi connectivity index (χ0v) is 14.3. The molecule has 0 heterocycles. The van der Waals surface area contributed by atoms with Gasteiger partial charge in [-0.05, 0) is 40.2 Å². The van der Waals surface area contributed by atoms with E-state index in [1.165, 1.54) is 6.07 Å². The third-order valence-corrected chi connectivity index (χ3v) is 4.91. The maximum atomic E-state index is 12.6. The summed E-state index contributed by atoms with van der Waals surface area (Å²) in [5.74, 6) is 0.132. The first-order valence-electron chi connectivity index (χ1n) is 6.17. The topological polar surface area (TPSA) is 18.5 Å². The predicted octanol–water partition coefficient (Wildman–Crippen LogP) is 5.16. The molecular weight excluding hydrogens is 353 g/mol. The Kier molecular flexibility index (Phi) is 6.09. The molecule has 7 heteroatoms. The molecule has 0 saturated carbocycles. The Hall–Kier alpha value is -0.533. The van der Waals surface area contributed by atoms with Crippen LogP contribution >= 0.6 is 15.9 Å². The molecule has 0 fully saturated rings. The number of ether oxygens (including phenoxy) is 2. The Morgan fingerprint density at radius 1 is 1.20 bits per heavy atom. The van der Waals surface area contributed by atoms with Crippen LogP contribution in [0.3, 0.4) is 0 Å². The van der Waals surface area contributed by atoms with Crippen LogP contribution in [0.5, 0.6) is 5.75 Å². The minimum atomic E-state index is -4.38. The lowest BCUT2D eigenvalue weighted by Crippen LogP contribution is -2.22. The normalized spacial score (nSPS) is 12.6. The minimum Gasteiger partial charge on any atom is -0.466 e. The summed E-state index contributed by atoms with van der Waals surface area (Å²) in [4.78, 5) is 0. The van der Waals surface area contributed by atoms with Crippen molar-refractivity contribution in [2.75, 3.05) is 13.4 Å². The zero-order valence-electron chi connectivity index (χ0n) is 11.7. The molecule has 1 aromatic carbocycles. The Labute approximate surface area is 126 Å². The van der Waals surface area contributed by atoms with Gasteiger partial charge in [-0.3, -0.25) is 0 Å². The second-order valence-corrected chi connectivity index (χ2v) is 12.1. The van der Waals surface area contributed by atoms with Crippen LogP contribution in [0.1, 0.15) is 5.56 Å². The Morgan fingerprint density at radius 2 is 1.85 bits per heavy atom. The van der Waals surface area contributed by atoms with Crippen molar-refractivity contribution in [1.82, 2.24) is 0 Å². The monoisotopic (exact) mass is 370 g/mol. The fourth-order valence-electron chi connectivity index (χ4n) is 1.33. The van der Waals surface area contributed by atoms with E-state index in [2.05, 4.69) is 35.6 Å². The maximum Gasteiger partial charge on any atom is 0.416 e. The largest absolute Gasteiger partial charge is 0.466 e. The van der Waals surface area contributed by atoms with E-state index in [9.17, 15) is 13.2 Å². The predicted molar refractivity (Wildman–Crippen MR) is 78.7 cm³/mol. The van der Waals surface area contributed by atoms with E-state index in [1.807, 2.05) is 0 Å². The Balaban J connectivity index is 2.52. The first-order chi connectivity index (χ1) is 9.09. The van der Waals surface area contributed by atoms with E-state index in [-0.39, 0.29) is 12.5 Å². The molecular formula is C13H18BrF3O2Si. The third kappa shape index (κ3) is 6.28. The summed E-state index contributed by atoms with van der Waals surface area (Å²) in [6.07, 6.45) is -4.38. The lowest BCUT2D eigenvalue weighted by atomic mass is 10.2. The van der Waals surface area contributed by atoms with Gasteiger partial charge in [-0.25, -0.2) is 0 Å². The molecule has 0 bridgehead atoms. The highest BCUT2D eigenvalue weighted by Crippen LogP contribution is 2.35. The average Bonchev–Trinajstić information content (AvgIpc) is 2.28. The van der Waals surface area contributed by atoms with Crippen LogP contribution in [-0.2, 0) is 10.9 Å². The summed E-state index contributed by atoms with van der Waals surface area (Å²) in [7, 11) is -1.17. The van der Waals surface area contributed by atoms with E-state index in [4.69, 9.17) is 9.47 Å². The molecule has 0 radical (unpaired) electrons. The van der Waals surface area contributed by atoms with Crippen LogP contribution in [0.4, 0.5) is 13.2 Å². The molecule has 20 heavy (non-hydrogen) atoms. The number of hydrogen-bond donors (Lipinski definition) is 0. The maximum absolute atomic E-state index is 12.6. The second-order valence-electron chi connectivity index (χ2n) is 5.62. The molecule has 2 nitrogen and oxygen atoms in total. The van der Waals surface area contributed by atoms with Crippen molar-refractivity contribution in [1.29, 1.82) is 0 Å². The molecule has 0 amide bonds. The highest BCUT2D eigenvalue weighted by atomic mass is 79.9. The third-order valence-electron chi connectivity index (χ3n) is 2.55. The number of rotatable bonds is 6. The molecule has 1 aromatic rings. The van der Waals surface area contributed by atoms with Gasteiger partial charge in [0.2, 0.25) is 0 Å². The van der Waals surface area contributed by atoms with Crippen LogP contribution in [0.2, 0.25) is 25.7 Å². The summed E-state index contributed by atoms with van der Waals surface area (Å²) in [6.45, 7) is 7.18. The molecule has 0 saturated heterocycles. The van der Waals surface area contributed by atoms with Gasteiger partial charge in [0, 0.05) is 14.7 Å². The van der Waals surface area contributed by atoms with Gasteiger partial charge in [0.25, 0.3) is 0 Å². The molecule has 0 aliphatic heterocycles. The average molecular weight is 371 g/mol. The van der Waals surface area contributed by atoms with Gasteiger partial charge < -0.3 is 9.47 Å². The number of alkyl halides is 3. The number of hydrogen-bond acceptors (Lipinski definition) is 2. The van der Waals surface area contributed by atoms with Gasteiger partial charge in [-0.15, -0.1) is 0 Å². The van der Waals surface area contributed by atoms with Gasteiger partial charge in [0.15, 0.2) is 6.79 Å². The van der Waals surface area contributed by atoms with Gasteiger partial charge in [-0.2, -0.15) is 13.2 Å². The summed E-state index contributed by atoms with van der Waals surface area (Å²) >= 11 is 3.16. The molecule has 0 aliphatic rings. The van der Waals surface area contributed by atoms with Gasteiger partial charge in [0.1, 0.15) is 5.75 Å². The van der Waals surface area contributed by atoms with E-state index < -0.39 is 19.8 Å². The fourth-order valence-corrected chi connectivity index (χ4v) is 2.45. The van der Waals surface area contributed by atoms with Crippen LogP contribution in [0.25, 0.3) is 0 Å². The lowest BCUT2D eigenvalue weighted by molar-refractivity contribution is -0.137. The minimum absolute atomic E-state index is 0.0512. The van der Waals surface area contributed by atoms with Crippen LogP contribution in [0, 0.1) is 0 Å². The van der Waals surface area contributed by atoms with Crippen molar-refractivity contribution >= 4 is 24.0 Å². The SMILES string of the molecule is C[Si](C)(C)CCOCOc1cc(C(F)(F)F)ccc1Br. The van der Waals surface area contributed by atoms with E-state index in [0.717, 1.165) is 18.2 Å². The smallest absolute Gasteiger partial charge is 0.416 e.